The van der Waals surface area contributed by atoms with E-state index in [1.54, 1.807) is 0 Å². The van der Waals surface area contributed by atoms with Gasteiger partial charge in [-0.05, 0) is 27.7 Å². The molecule has 3 rings (SSSR count). The second-order valence-electron chi connectivity index (χ2n) is 3.94. The first kappa shape index (κ1) is 7.87. The summed E-state index contributed by atoms with van der Waals surface area (Å²) in [6, 6.07) is 13.1. The molecule has 0 amide bonds. The average Bonchev–Trinajstić information content (AvgIpc) is 2.24. The number of hydrogen-bond acceptors (Lipinski definition) is 0. The van der Waals surface area contributed by atoms with Crippen molar-refractivity contribution in [3.8, 4) is 0 Å². The van der Waals surface area contributed by atoms with E-state index in [1.807, 2.05) is 0 Å². The fourth-order valence-corrected chi connectivity index (χ4v) is 2.27. The molecule has 14 heavy (non-hydrogen) atoms. The van der Waals surface area contributed by atoms with Crippen LogP contribution in [0.1, 0.15) is 16.9 Å². The molecule has 1 unspecified atom stereocenters. The topological polar surface area (TPSA) is 0 Å². The fraction of sp³-hybridized carbons (Fsp3) is 0.0769. The Balaban J connectivity index is 2.52. The largest absolute Gasteiger partial charge is 0.116 e. The van der Waals surface area contributed by atoms with Gasteiger partial charge in [0, 0.05) is 0 Å². The zero-order valence-electron chi connectivity index (χ0n) is 8.20. The SMILES string of the molecule is BC1C=Cc2cccc3cccc1c23. The normalized spacial score (nSPS) is 18.7. The highest BCUT2D eigenvalue weighted by molar-refractivity contribution is 6.17. The van der Waals surface area contributed by atoms with E-state index in [-0.39, 0.29) is 0 Å². The molecule has 0 saturated carbocycles. The zero-order valence-corrected chi connectivity index (χ0v) is 8.20. The Labute approximate surface area is 84.7 Å². The summed E-state index contributed by atoms with van der Waals surface area (Å²) < 4.78 is 0. The highest BCUT2D eigenvalue weighted by atomic mass is 14.1. The third-order valence-electron chi connectivity index (χ3n) is 3.02. The molecule has 0 saturated heterocycles. The molecule has 0 radical (unpaired) electrons. The van der Waals surface area contributed by atoms with Crippen LogP contribution in [0.15, 0.2) is 42.5 Å². The lowest BCUT2D eigenvalue weighted by Crippen LogP contribution is -2.00. The van der Waals surface area contributed by atoms with Gasteiger partial charge in [0.05, 0.1) is 0 Å². The van der Waals surface area contributed by atoms with Gasteiger partial charge in [0.25, 0.3) is 0 Å². The molecule has 1 atom stereocenters. The van der Waals surface area contributed by atoms with E-state index in [1.165, 1.54) is 21.9 Å². The van der Waals surface area contributed by atoms with Gasteiger partial charge in [0.2, 0.25) is 0 Å². The first-order valence-corrected chi connectivity index (χ1v) is 5.06. The molecule has 0 nitrogen and oxygen atoms in total. The van der Waals surface area contributed by atoms with E-state index in [0.717, 1.165) is 0 Å². The van der Waals surface area contributed by atoms with Crippen molar-refractivity contribution in [2.45, 2.75) is 5.82 Å². The van der Waals surface area contributed by atoms with E-state index in [0.29, 0.717) is 5.82 Å². The summed E-state index contributed by atoms with van der Waals surface area (Å²) in [5, 5.41) is 2.79. The average molecular weight is 178 g/mol. The smallest absolute Gasteiger partial charge is 0.0845 e. The first-order chi connectivity index (χ1) is 6.86. The first-order valence-electron chi connectivity index (χ1n) is 5.06. The van der Waals surface area contributed by atoms with Crippen molar-refractivity contribution in [1.29, 1.82) is 0 Å². The molecule has 2 aromatic rings. The molecule has 1 aliphatic carbocycles. The summed E-state index contributed by atoms with van der Waals surface area (Å²) in [6.07, 6.45) is 4.51. The standard InChI is InChI=1S/C13H11B/c14-12-8-7-10-4-1-3-9-5-2-6-11(12)13(9)10/h1-8,12H,14H2. The predicted octanol–water partition coefficient (Wildman–Crippen LogP) is 2.54. The summed E-state index contributed by atoms with van der Waals surface area (Å²) in [5.41, 5.74) is 2.82. The van der Waals surface area contributed by atoms with Crippen LogP contribution in [0, 0.1) is 0 Å². The van der Waals surface area contributed by atoms with Gasteiger partial charge in [0.1, 0.15) is 7.85 Å². The number of rotatable bonds is 0. The van der Waals surface area contributed by atoms with Crippen molar-refractivity contribution >= 4 is 24.7 Å². The van der Waals surface area contributed by atoms with E-state index in [4.69, 9.17) is 0 Å². The zero-order chi connectivity index (χ0) is 9.54. The van der Waals surface area contributed by atoms with E-state index < -0.39 is 0 Å². The van der Waals surface area contributed by atoms with Crippen molar-refractivity contribution in [1.82, 2.24) is 0 Å². The van der Waals surface area contributed by atoms with Crippen LogP contribution in [0.4, 0.5) is 0 Å². The monoisotopic (exact) mass is 178 g/mol. The second-order valence-corrected chi connectivity index (χ2v) is 3.94. The number of allylic oxidation sites excluding steroid dienone is 1. The van der Waals surface area contributed by atoms with Crippen molar-refractivity contribution in [3.63, 3.8) is 0 Å². The summed E-state index contributed by atoms with van der Waals surface area (Å²) in [7, 11) is 2.25. The second kappa shape index (κ2) is 2.75. The lowest BCUT2D eigenvalue weighted by Gasteiger charge is -2.17. The van der Waals surface area contributed by atoms with Crippen LogP contribution in [0.5, 0.6) is 0 Å². The summed E-state index contributed by atoms with van der Waals surface area (Å²) >= 11 is 0. The molecule has 2 aromatic carbocycles. The maximum atomic E-state index is 2.27. The molecule has 0 N–H and O–H groups in total. The Morgan fingerprint density at radius 2 is 1.79 bits per heavy atom. The van der Waals surface area contributed by atoms with Crippen LogP contribution >= 0.6 is 0 Å². The third-order valence-corrected chi connectivity index (χ3v) is 3.02. The van der Waals surface area contributed by atoms with E-state index in [9.17, 15) is 0 Å². The van der Waals surface area contributed by atoms with Crippen molar-refractivity contribution in [3.05, 3.63) is 53.6 Å². The van der Waals surface area contributed by atoms with Gasteiger partial charge in [-0.25, -0.2) is 0 Å². The van der Waals surface area contributed by atoms with Crippen LogP contribution in [0.25, 0.3) is 16.8 Å². The molecular formula is C13H11B. The number of benzene rings is 2. The van der Waals surface area contributed by atoms with Gasteiger partial charge in [-0.1, -0.05) is 48.6 Å². The van der Waals surface area contributed by atoms with Gasteiger partial charge >= 0.3 is 0 Å². The molecular weight excluding hydrogens is 167 g/mol. The minimum atomic E-state index is 0.550. The molecule has 0 aromatic heterocycles. The Kier molecular flexibility index (Phi) is 1.54. The molecule has 0 aliphatic heterocycles. The quantitative estimate of drug-likeness (QED) is 0.543. The lowest BCUT2D eigenvalue weighted by atomic mass is 9.75. The molecule has 1 heteroatoms. The molecule has 0 fully saturated rings. The van der Waals surface area contributed by atoms with Crippen molar-refractivity contribution in [2.24, 2.45) is 0 Å². The summed E-state index contributed by atoms with van der Waals surface area (Å²) in [5.74, 6) is 0.550. The molecule has 1 aliphatic rings. The maximum Gasteiger partial charge on any atom is 0.116 e. The van der Waals surface area contributed by atoms with Crippen LogP contribution in [0.2, 0.25) is 0 Å². The Bertz CT molecular complexity index is 520. The third kappa shape index (κ3) is 0.956. The van der Waals surface area contributed by atoms with Gasteiger partial charge in [0.15, 0.2) is 0 Å². The van der Waals surface area contributed by atoms with Gasteiger partial charge in [-0.2, -0.15) is 0 Å². The molecule has 0 bridgehead atoms. The van der Waals surface area contributed by atoms with Crippen LogP contribution in [-0.4, -0.2) is 7.85 Å². The number of hydrogen-bond donors (Lipinski definition) is 0. The van der Waals surface area contributed by atoms with E-state index >= 15 is 0 Å². The lowest BCUT2D eigenvalue weighted by molar-refractivity contribution is 1.23. The van der Waals surface area contributed by atoms with Gasteiger partial charge in [-0.15, -0.1) is 0 Å². The Morgan fingerprint density at radius 3 is 2.64 bits per heavy atom. The summed E-state index contributed by atoms with van der Waals surface area (Å²) in [6.45, 7) is 0. The predicted molar refractivity (Wildman–Crippen MR) is 64.3 cm³/mol. The highest BCUT2D eigenvalue weighted by Crippen LogP contribution is 2.32. The fourth-order valence-electron chi connectivity index (χ4n) is 2.27. The van der Waals surface area contributed by atoms with Crippen molar-refractivity contribution < 1.29 is 0 Å². The van der Waals surface area contributed by atoms with Crippen LogP contribution in [0.3, 0.4) is 0 Å². The highest BCUT2D eigenvalue weighted by Gasteiger charge is 2.12. The maximum absolute atomic E-state index is 2.27. The molecule has 0 spiro atoms. The van der Waals surface area contributed by atoms with Crippen molar-refractivity contribution in [2.75, 3.05) is 0 Å². The minimum absolute atomic E-state index is 0.550. The van der Waals surface area contributed by atoms with Gasteiger partial charge in [-0.3, -0.25) is 0 Å². The Morgan fingerprint density at radius 1 is 1.00 bits per heavy atom. The van der Waals surface area contributed by atoms with Crippen LogP contribution in [-0.2, 0) is 0 Å². The Hall–Kier alpha value is -1.50. The summed E-state index contributed by atoms with van der Waals surface area (Å²) in [4.78, 5) is 0. The minimum Gasteiger partial charge on any atom is -0.0845 e. The molecule has 0 heterocycles. The van der Waals surface area contributed by atoms with E-state index in [2.05, 4.69) is 56.4 Å². The molecule has 66 valence electrons. The van der Waals surface area contributed by atoms with Gasteiger partial charge < -0.3 is 0 Å². The van der Waals surface area contributed by atoms with Crippen LogP contribution < -0.4 is 0 Å².